The van der Waals surface area contributed by atoms with Gasteiger partial charge in [0.2, 0.25) is 5.91 Å². The molecule has 1 saturated heterocycles. The number of pyridine rings is 1. The number of hydrogen-bond acceptors (Lipinski definition) is 5. The standard InChI is InChI=1S/C23H25N4O4/c1-24-13-16(18-4-2-3-5-20(18)24)6-9-22(28)25-11-15-10-17(14-25)19-7-8-21(27(30)31)23(29)26(19)12-15/h2-5,7-8,13,15,17,30H,6,9-12,14H2,1H3/q-1/t15-,17?/m0/s1. The average molecular weight is 421 g/mol. The van der Waals surface area contributed by atoms with Crippen molar-refractivity contribution in [2.24, 2.45) is 13.0 Å². The van der Waals surface area contributed by atoms with Gasteiger partial charge in [0.25, 0.3) is 5.56 Å². The molecule has 5 rings (SSSR count). The zero-order chi connectivity index (χ0) is 21.7. The summed E-state index contributed by atoms with van der Waals surface area (Å²) in [5.41, 5.74) is 2.43. The number of aromatic nitrogens is 2. The van der Waals surface area contributed by atoms with Crippen molar-refractivity contribution in [1.29, 1.82) is 0 Å². The van der Waals surface area contributed by atoms with Crippen LogP contribution in [0.4, 0.5) is 5.69 Å². The van der Waals surface area contributed by atoms with Gasteiger partial charge in [-0.2, -0.15) is 0 Å². The number of rotatable bonds is 4. The molecule has 1 fully saturated rings. The fourth-order valence-electron chi connectivity index (χ4n) is 5.31. The van der Waals surface area contributed by atoms with E-state index in [1.807, 2.05) is 24.1 Å². The summed E-state index contributed by atoms with van der Waals surface area (Å²) >= 11 is 0. The number of para-hydroxylation sites is 1. The predicted octanol–water partition coefficient (Wildman–Crippen LogP) is 2.61. The summed E-state index contributed by atoms with van der Waals surface area (Å²) in [6.07, 6.45) is 4.17. The molecule has 2 atom stereocenters. The maximum atomic E-state index is 13.0. The van der Waals surface area contributed by atoms with Crippen LogP contribution in [-0.2, 0) is 24.8 Å². The Morgan fingerprint density at radius 2 is 2.00 bits per heavy atom. The third-order valence-corrected chi connectivity index (χ3v) is 6.73. The van der Waals surface area contributed by atoms with E-state index in [4.69, 9.17) is 5.21 Å². The van der Waals surface area contributed by atoms with Crippen molar-refractivity contribution in [3.05, 3.63) is 69.4 Å². The van der Waals surface area contributed by atoms with Gasteiger partial charge in [0.15, 0.2) is 0 Å². The molecular formula is C23H25N4O4-. The Balaban J connectivity index is 1.31. The van der Waals surface area contributed by atoms with E-state index in [9.17, 15) is 14.8 Å². The monoisotopic (exact) mass is 421 g/mol. The molecule has 3 aromatic rings. The fraction of sp³-hybridized carbons (Fsp3) is 0.391. The van der Waals surface area contributed by atoms with Gasteiger partial charge in [0.05, 0.1) is 0 Å². The van der Waals surface area contributed by atoms with E-state index in [-0.39, 0.29) is 28.7 Å². The number of fused-ring (bicyclic) bond motifs is 5. The van der Waals surface area contributed by atoms with Crippen LogP contribution in [0.5, 0.6) is 0 Å². The highest BCUT2D eigenvalue weighted by Gasteiger charge is 2.36. The summed E-state index contributed by atoms with van der Waals surface area (Å²) in [7, 11) is 2.02. The topological polar surface area (TPSA) is 93.8 Å². The number of benzene rings is 1. The number of piperidine rings is 1. The Bertz CT molecular complexity index is 1210. The molecule has 1 N–H and O–H groups in total. The van der Waals surface area contributed by atoms with Crippen molar-refractivity contribution in [1.82, 2.24) is 14.0 Å². The quantitative estimate of drug-likeness (QED) is 0.654. The van der Waals surface area contributed by atoms with Gasteiger partial charge in [-0.05, 0) is 42.5 Å². The lowest BCUT2D eigenvalue weighted by atomic mass is 9.83. The predicted molar refractivity (Wildman–Crippen MR) is 117 cm³/mol. The molecule has 0 spiro atoms. The summed E-state index contributed by atoms with van der Waals surface area (Å²) in [5.74, 6) is 0.366. The smallest absolute Gasteiger partial charge is 0.275 e. The van der Waals surface area contributed by atoms with E-state index >= 15 is 0 Å². The molecule has 8 heteroatoms. The van der Waals surface area contributed by atoms with Crippen LogP contribution in [0, 0.1) is 11.1 Å². The first kappa shape index (κ1) is 19.8. The molecule has 0 radical (unpaired) electrons. The highest BCUT2D eigenvalue weighted by atomic mass is 16.8. The molecule has 4 heterocycles. The highest BCUT2D eigenvalue weighted by Crippen LogP contribution is 2.36. The molecule has 2 aromatic heterocycles. The molecule has 2 aliphatic rings. The third kappa shape index (κ3) is 3.41. The zero-order valence-electron chi connectivity index (χ0n) is 17.4. The van der Waals surface area contributed by atoms with Crippen molar-refractivity contribution >= 4 is 22.5 Å². The number of nitrogens with zero attached hydrogens (tertiary/aromatic N) is 4. The van der Waals surface area contributed by atoms with Crippen molar-refractivity contribution in [3.63, 3.8) is 0 Å². The van der Waals surface area contributed by atoms with E-state index in [1.54, 1.807) is 10.6 Å². The van der Waals surface area contributed by atoms with E-state index in [0.29, 0.717) is 32.5 Å². The number of amides is 1. The Morgan fingerprint density at radius 1 is 1.19 bits per heavy atom. The molecule has 8 nitrogen and oxygen atoms in total. The average Bonchev–Trinajstić information content (AvgIpc) is 3.08. The molecule has 2 bridgehead atoms. The maximum absolute atomic E-state index is 13.0. The number of carbonyl (C=O) groups excluding carboxylic acids is 1. The van der Waals surface area contributed by atoms with Gasteiger partial charge in [-0.25, -0.2) is 0 Å². The fourth-order valence-corrected chi connectivity index (χ4v) is 5.31. The largest absolute Gasteiger partial charge is 0.733 e. The van der Waals surface area contributed by atoms with Crippen molar-refractivity contribution in [2.75, 3.05) is 18.3 Å². The van der Waals surface area contributed by atoms with Gasteiger partial charge in [-0.3, -0.25) is 14.8 Å². The van der Waals surface area contributed by atoms with Crippen LogP contribution < -0.4 is 10.8 Å². The third-order valence-electron chi connectivity index (χ3n) is 6.73. The van der Waals surface area contributed by atoms with Crippen LogP contribution in [0.15, 0.2) is 47.4 Å². The van der Waals surface area contributed by atoms with Gasteiger partial charge in [0, 0.05) is 61.8 Å². The summed E-state index contributed by atoms with van der Waals surface area (Å²) in [5, 5.41) is 21.2. The minimum absolute atomic E-state index is 0.0644. The van der Waals surface area contributed by atoms with Crippen LogP contribution in [0.1, 0.15) is 30.0 Å². The molecule has 0 aliphatic carbocycles. The van der Waals surface area contributed by atoms with E-state index < -0.39 is 5.56 Å². The Hall–Kier alpha value is -3.10. The Kier molecular flexibility index (Phi) is 4.83. The minimum atomic E-state index is -0.472. The Morgan fingerprint density at radius 3 is 2.81 bits per heavy atom. The number of likely N-dealkylation sites (tertiary alicyclic amines) is 1. The van der Waals surface area contributed by atoms with Crippen molar-refractivity contribution in [2.45, 2.75) is 31.7 Å². The van der Waals surface area contributed by atoms with Crippen LogP contribution in [-0.4, -0.2) is 38.2 Å². The molecule has 1 amide bonds. The summed E-state index contributed by atoms with van der Waals surface area (Å²) < 4.78 is 3.69. The summed E-state index contributed by atoms with van der Waals surface area (Å²) in [4.78, 5) is 27.5. The maximum Gasteiger partial charge on any atom is 0.275 e. The first-order chi connectivity index (χ1) is 14.9. The molecule has 0 saturated carbocycles. The molecule has 31 heavy (non-hydrogen) atoms. The van der Waals surface area contributed by atoms with Gasteiger partial charge in [0.1, 0.15) is 5.69 Å². The summed E-state index contributed by atoms with van der Waals surface area (Å²) in [6, 6.07) is 11.3. The van der Waals surface area contributed by atoms with Crippen molar-refractivity contribution < 1.29 is 10.0 Å². The van der Waals surface area contributed by atoms with Crippen LogP contribution in [0.2, 0.25) is 0 Å². The number of hydrogen-bond donors (Lipinski definition) is 1. The second-order valence-corrected chi connectivity index (χ2v) is 8.71. The van der Waals surface area contributed by atoms with Gasteiger partial charge in [-0.1, -0.05) is 18.2 Å². The first-order valence-corrected chi connectivity index (χ1v) is 10.6. The van der Waals surface area contributed by atoms with Gasteiger partial charge >= 0.3 is 0 Å². The van der Waals surface area contributed by atoms with Crippen LogP contribution in [0.3, 0.4) is 0 Å². The second kappa shape index (κ2) is 7.55. The lowest BCUT2D eigenvalue weighted by molar-refractivity contribution is -0.133. The lowest BCUT2D eigenvalue weighted by Crippen LogP contribution is -2.49. The van der Waals surface area contributed by atoms with Crippen molar-refractivity contribution in [3.8, 4) is 0 Å². The molecule has 162 valence electrons. The second-order valence-electron chi connectivity index (χ2n) is 8.71. The normalized spacial score (nSPS) is 20.0. The van der Waals surface area contributed by atoms with Crippen LogP contribution >= 0.6 is 0 Å². The highest BCUT2D eigenvalue weighted by molar-refractivity contribution is 5.85. The number of carbonyl (C=O) groups is 1. The SMILES string of the molecule is Cn1cc(CCC(=O)N2CC3C[C@@H](C2)Cn2c3ccc(N([O-])O)c2=O)c2ccccc21. The molecule has 1 unspecified atom stereocenters. The number of anilines is 1. The lowest BCUT2D eigenvalue weighted by Gasteiger charge is -2.43. The van der Waals surface area contributed by atoms with Crippen LogP contribution in [0.25, 0.3) is 10.9 Å². The van der Waals surface area contributed by atoms with Gasteiger partial charge in [-0.15, -0.1) is 0 Å². The first-order valence-electron chi connectivity index (χ1n) is 10.6. The zero-order valence-corrected chi connectivity index (χ0v) is 17.4. The molecular weight excluding hydrogens is 396 g/mol. The molecule has 1 aromatic carbocycles. The number of aryl methyl sites for hydroxylation is 2. The van der Waals surface area contributed by atoms with E-state index in [1.165, 1.54) is 22.5 Å². The van der Waals surface area contributed by atoms with E-state index in [2.05, 4.69) is 22.9 Å². The minimum Gasteiger partial charge on any atom is -0.733 e. The van der Waals surface area contributed by atoms with E-state index in [0.717, 1.165) is 12.1 Å². The van der Waals surface area contributed by atoms with Gasteiger partial charge < -0.3 is 24.5 Å². The summed E-state index contributed by atoms with van der Waals surface area (Å²) in [6.45, 7) is 1.64. The molecule has 2 aliphatic heterocycles. The Labute approximate surface area is 179 Å².